The summed E-state index contributed by atoms with van der Waals surface area (Å²) in [4.78, 5) is 4.71. The minimum atomic E-state index is -4.00. The highest BCUT2D eigenvalue weighted by Gasteiger charge is 2.21. The highest BCUT2D eigenvalue weighted by atomic mass is 35.5. The van der Waals surface area contributed by atoms with Gasteiger partial charge in [-0.2, -0.15) is 8.42 Å². The molecule has 98 valence electrons. The lowest BCUT2D eigenvalue weighted by Gasteiger charge is -2.02. The van der Waals surface area contributed by atoms with Crippen LogP contribution in [0.1, 0.15) is 0 Å². The summed E-state index contributed by atoms with van der Waals surface area (Å²) >= 11 is 6.59. The molecular weight excluding hydrogens is 312 g/mol. The normalized spacial score (nSPS) is 11.8. The second kappa shape index (κ2) is 4.44. The highest BCUT2D eigenvalue weighted by molar-refractivity contribution is 7.89. The van der Waals surface area contributed by atoms with Crippen LogP contribution in [0.2, 0.25) is 4.34 Å². The molecule has 19 heavy (non-hydrogen) atoms. The van der Waals surface area contributed by atoms with Crippen molar-refractivity contribution in [2.24, 2.45) is 0 Å². The summed E-state index contributed by atoms with van der Waals surface area (Å²) in [5.74, 6) is 0. The lowest BCUT2D eigenvalue weighted by atomic mass is 10.4. The third-order valence-electron chi connectivity index (χ3n) is 2.14. The zero-order valence-electron chi connectivity index (χ0n) is 9.09. The Balaban J connectivity index is 2.01. The number of hydrogen-bond acceptors (Lipinski definition) is 7. The molecule has 0 N–H and O–H groups in total. The Morgan fingerprint density at radius 3 is 2.89 bits per heavy atom. The highest BCUT2D eigenvalue weighted by Crippen LogP contribution is 2.26. The van der Waals surface area contributed by atoms with E-state index in [-0.39, 0.29) is 9.86 Å². The number of rotatable bonds is 3. The van der Waals surface area contributed by atoms with Gasteiger partial charge in [-0.3, -0.25) is 4.28 Å². The molecule has 0 aliphatic rings. The summed E-state index contributed by atoms with van der Waals surface area (Å²) in [7, 11) is -4.00. The number of nitrogens with zero attached hydrogens (tertiary/aromatic N) is 4. The molecule has 10 heteroatoms. The molecule has 0 aliphatic heterocycles. The van der Waals surface area contributed by atoms with Crippen LogP contribution in [0.15, 0.2) is 34.7 Å². The molecule has 0 bridgehead atoms. The van der Waals surface area contributed by atoms with Crippen LogP contribution in [0.25, 0.3) is 11.2 Å². The summed E-state index contributed by atoms with van der Waals surface area (Å²) in [6.45, 7) is 0. The fourth-order valence-corrected chi connectivity index (χ4v) is 3.63. The molecule has 3 heterocycles. The predicted octanol–water partition coefficient (Wildman–Crippen LogP) is 1.36. The Labute approximate surface area is 116 Å². The number of fused-ring (bicyclic) bond motifs is 1. The lowest BCUT2D eigenvalue weighted by molar-refractivity contribution is 0.243. The molecule has 0 aliphatic carbocycles. The Morgan fingerprint density at radius 1 is 1.32 bits per heavy atom. The summed E-state index contributed by atoms with van der Waals surface area (Å²) in [5.41, 5.74) is 0.649. The molecule has 3 aromatic heterocycles. The van der Waals surface area contributed by atoms with Crippen LogP contribution >= 0.6 is 22.9 Å². The number of thiophene rings is 1. The Morgan fingerprint density at radius 2 is 2.16 bits per heavy atom. The summed E-state index contributed by atoms with van der Waals surface area (Å²) < 4.78 is 29.1. The molecule has 0 unspecified atom stereocenters. The van der Waals surface area contributed by atoms with Gasteiger partial charge in [-0.25, -0.2) is 4.98 Å². The maximum absolute atomic E-state index is 12.0. The Bertz CT molecular complexity index is 842. The lowest BCUT2D eigenvalue weighted by Crippen LogP contribution is -2.21. The van der Waals surface area contributed by atoms with Gasteiger partial charge in [0, 0.05) is 6.20 Å². The van der Waals surface area contributed by atoms with Crippen molar-refractivity contribution >= 4 is 44.2 Å². The van der Waals surface area contributed by atoms with Crippen molar-refractivity contribution in [2.45, 2.75) is 4.21 Å². The fraction of sp³-hybridized carbons (Fsp3) is 0. The van der Waals surface area contributed by atoms with Gasteiger partial charge < -0.3 is 0 Å². The topological polar surface area (TPSA) is 87.0 Å². The predicted molar refractivity (Wildman–Crippen MR) is 68.4 cm³/mol. The Hall–Kier alpha value is -1.71. The third-order valence-corrected chi connectivity index (χ3v) is 5.00. The van der Waals surface area contributed by atoms with Crippen molar-refractivity contribution in [1.29, 1.82) is 0 Å². The first-order chi connectivity index (χ1) is 9.06. The maximum Gasteiger partial charge on any atom is 0.368 e. The largest absolute Gasteiger partial charge is 0.368 e. The van der Waals surface area contributed by atoms with E-state index in [0.29, 0.717) is 9.85 Å². The van der Waals surface area contributed by atoms with Crippen molar-refractivity contribution in [3.05, 3.63) is 34.8 Å². The Kier molecular flexibility index (Phi) is 2.88. The molecular formula is C9H5ClN4O3S2. The van der Waals surface area contributed by atoms with E-state index in [1.54, 1.807) is 12.1 Å². The van der Waals surface area contributed by atoms with Crippen molar-refractivity contribution in [2.75, 3.05) is 0 Å². The van der Waals surface area contributed by atoms with Gasteiger partial charge in [-0.1, -0.05) is 11.6 Å². The molecule has 3 aromatic rings. The van der Waals surface area contributed by atoms with E-state index in [2.05, 4.69) is 15.3 Å². The SMILES string of the molecule is O=S(=O)(On1nnc2cccnc21)c1ccc(Cl)s1. The van der Waals surface area contributed by atoms with Crippen LogP contribution in [-0.4, -0.2) is 28.6 Å². The first kappa shape index (κ1) is 12.3. The van der Waals surface area contributed by atoms with E-state index >= 15 is 0 Å². The van der Waals surface area contributed by atoms with Gasteiger partial charge in [0.1, 0.15) is 5.52 Å². The van der Waals surface area contributed by atoms with Gasteiger partial charge in [0.25, 0.3) is 0 Å². The van der Waals surface area contributed by atoms with E-state index in [9.17, 15) is 8.42 Å². The summed E-state index contributed by atoms with van der Waals surface area (Å²) in [6, 6.07) is 6.13. The second-order valence-electron chi connectivity index (χ2n) is 3.40. The standard InChI is InChI=1S/C9H5ClN4O3S2/c10-7-3-4-8(18-7)19(15,16)17-14-9-6(12-13-14)2-1-5-11-9/h1-5H. The molecule has 3 rings (SSSR count). The van der Waals surface area contributed by atoms with E-state index in [0.717, 1.165) is 16.2 Å². The minimum Gasteiger partial charge on any atom is -0.262 e. The van der Waals surface area contributed by atoms with Crippen molar-refractivity contribution < 1.29 is 12.7 Å². The van der Waals surface area contributed by atoms with Crippen molar-refractivity contribution in [3.8, 4) is 0 Å². The summed E-state index contributed by atoms with van der Waals surface area (Å²) in [5, 5.41) is 7.33. The van der Waals surface area contributed by atoms with Gasteiger partial charge in [0.2, 0.25) is 5.65 Å². The second-order valence-corrected chi connectivity index (χ2v) is 6.87. The monoisotopic (exact) mass is 316 g/mol. The maximum atomic E-state index is 12.0. The molecule has 0 saturated carbocycles. The summed E-state index contributed by atoms with van der Waals surface area (Å²) in [6.07, 6.45) is 1.49. The van der Waals surface area contributed by atoms with Crippen LogP contribution in [-0.2, 0) is 10.1 Å². The molecule has 0 atom stereocenters. The number of hydrogen-bond donors (Lipinski definition) is 0. The van der Waals surface area contributed by atoms with Gasteiger partial charge in [-0.15, -0.1) is 16.4 Å². The van der Waals surface area contributed by atoms with E-state index < -0.39 is 10.1 Å². The van der Waals surface area contributed by atoms with Gasteiger partial charge in [-0.05, 0) is 34.3 Å². The van der Waals surface area contributed by atoms with Crippen molar-refractivity contribution in [3.63, 3.8) is 0 Å². The molecule has 0 saturated heterocycles. The first-order valence-electron chi connectivity index (χ1n) is 4.93. The number of pyridine rings is 1. The minimum absolute atomic E-state index is 0.0166. The molecule has 7 nitrogen and oxygen atoms in total. The van der Waals surface area contributed by atoms with Crippen LogP contribution in [0.3, 0.4) is 0 Å². The van der Waals surface area contributed by atoms with Gasteiger partial charge >= 0.3 is 10.1 Å². The molecule has 0 fully saturated rings. The molecule has 0 aromatic carbocycles. The third kappa shape index (κ3) is 2.27. The van der Waals surface area contributed by atoms with Crippen LogP contribution in [0.4, 0.5) is 0 Å². The number of halogens is 1. The van der Waals surface area contributed by atoms with Crippen LogP contribution < -0.4 is 4.28 Å². The van der Waals surface area contributed by atoms with Crippen molar-refractivity contribution in [1.82, 2.24) is 20.1 Å². The first-order valence-corrected chi connectivity index (χ1v) is 7.53. The van der Waals surface area contributed by atoms with E-state index in [4.69, 9.17) is 15.9 Å². The molecule has 0 radical (unpaired) electrons. The number of aromatic nitrogens is 4. The van der Waals surface area contributed by atoms with E-state index in [1.165, 1.54) is 18.3 Å². The zero-order chi connectivity index (χ0) is 13.5. The molecule has 0 spiro atoms. The average molecular weight is 317 g/mol. The van der Waals surface area contributed by atoms with Gasteiger partial charge in [0.15, 0.2) is 4.21 Å². The van der Waals surface area contributed by atoms with Crippen LogP contribution in [0, 0.1) is 0 Å². The average Bonchev–Trinajstić information content (AvgIpc) is 2.97. The van der Waals surface area contributed by atoms with Crippen LogP contribution in [0.5, 0.6) is 0 Å². The smallest absolute Gasteiger partial charge is 0.262 e. The molecule has 0 amide bonds. The zero-order valence-corrected chi connectivity index (χ0v) is 11.5. The fourth-order valence-electron chi connectivity index (χ4n) is 1.36. The quantitative estimate of drug-likeness (QED) is 0.725. The van der Waals surface area contributed by atoms with E-state index in [1.807, 2.05) is 0 Å². The van der Waals surface area contributed by atoms with Gasteiger partial charge in [0.05, 0.1) is 4.34 Å².